The van der Waals surface area contributed by atoms with Gasteiger partial charge in [-0.2, -0.15) is 0 Å². The predicted octanol–water partition coefficient (Wildman–Crippen LogP) is 6.61. The van der Waals surface area contributed by atoms with Crippen molar-refractivity contribution in [1.29, 1.82) is 0 Å². The summed E-state index contributed by atoms with van der Waals surface area (Å²) in [4.78, 5) is 29.7. The van der Waals surface area contributed by atoms with Gasteiger partial charge in [-0.25, -0.2) is 0 Å². The number of para-hydroxylation sites is 2. The maximum absolute atomic E-state index is 13.0. The molecular weight excluding hydrogens is 550 g/mol. The summed E-state index contributed by atoms with van der Waals surface area (Å²) in [6, 6.07) is 11.5. The minimum atomic E-state index is 0.0496. The fraction of sp³-hybridized carbons (Fsp3) is 0.562. The molecule has 2 aromatic heterocycles. The number of piperazine rings is 1. The second-order valence-corrected chi connectivity index (χ2v) is 12.0. The van der Waals surface area contributed by atoms with E-state index >= 15 is 0 Å². The molecule has 4 rings (SSSR count). The summed E-state index contributed by atoms with van der Waals surface area (Å²) in [6.45, 7) is 6.11. The number of carbonyl (C=O) groups is 2. The van der Waals surface area contributed by atoms with Crippen LogP contribution in [0.3, 0.4) is 0 Å². The van der Waals surface area contributed by atoms with Crippen LogP contribution < -0.4 is 4.74 Å². The van der Waals surface area contributed by atoms with E-state index in [0.29, 0.717) is 67.1 Å². The minimum absolute atomic E-state index is 0.0496. The molecule has 2 amide bonds. The first kappa shape index (κ1) is 31.7. The summed E-state index contributed by atoms with van der Waals surface area (Å²) < 4.78 is 13.2. The standard InChI is InChI=1S/C32H45N5O4S/c1-4-5-6-7-8-9-10-18-30(39)36-21-20-35(24-25(36)2)29(38)19-14-23-42-32-34-33-31(28-17-13-22-41-28)37(32)26-15-11-12-16-27(26)40-3/h11-13,15-17,22,25H,4-10,14,18-21,23-24H2,1-3H3. The van der Waals surface area contributed by atoms with E-state index in [4.69, 9.17) is 9.15 Å². The maximum atomic E-state index is 13.0. The second-order valence-electron chi connectivity index (χ2n) is 10.9. The SMILES string of the molecule is CCCCCCCCCC(=O)N1CCN(C(=O)CCCSc2nnc(-c3ccco3)n2-c2ccccc2OC)CC1C. The number of furan rings is 1. The molecule has 0 aliphatic carbocycles. The van der Waals surface area contributed by atoms with Crippen LogP contribution in [-0.2, 0) is 9.59 Å². The zero-order valence-electron chi connectivity index (χ0n) is 25.3. The van der Waals surface area contributed by atoms with Crippen LogP contribution in [0.25, 0.3) is 17.3 Å². The normalized spacial score (nSPS) is 15.3. The lowest BCUT2D eigenvalue weighted by Crippen LogP contribution is -2.55. The lowest BCUT2D eigenvalue weighted by molar-refractivity contribution is -0.142. The van der Waals surface area contributed by atoms with Crippen molar-refractivity contribution >= 4 is 23.6 Å². The number of benzene rings is 1. The van der Waals surface area contributed by atoms with Gasteiger partial charge in [0, 0.05) is 44.3 Å². The molecule has 228 valence electrons. The van der Waals surface area contributed by atoms with Crippen LogP contribution in [0, 0.1) is 0 Å². The number of aromatic nitrogens is 3. The number of nitrogens with zero attached hydrogens (tertiary/aromatic N) is 5. The van der Waals surface area contributed by atoms with Crippen molar-refractivity contribution in [2.75, 3.05) is 32.5 Å². The van der Waals surface area contributed by atoms with Crippen molar-refractivity contribution in [2.24, 2.45) is 0 Å². The molecule has 1 unspecified atom stereocenters. The zero-order valence-corrected chi connectivity index (χ0v) is 26.1. The van der Waals surface area contributed by atoms with Crippen LogP contribution in [0.1, 0.15) is 78.1 Å². The highest BCUT2D eigenvalue weighted by molar-refractivity contribution is 7.99. The van der Waals surface area contributed by atoms with E-state index < -0.39 is 0 Å². The van der Waals surface area contributed by atoms with Crippen molar-refractivity contribution < 1.29 is 18.7 Å². The summed E-state index contributed by atoms with van der Waals surface area (Å²) in [5.74, 6) is 3.00. The van der Waals surface area contributed by atoms with Crippen molar-refractivity contribution in [2.45, 2.75) is 89.3 Å². The molecule has 1 aromatic carbocycles. The minimum Gasteiger partial charge on any atom is -0.495 e. The first-order valence-electron chi connectivity index (χ1n) is 15.4. The Morgan fingerprint density at radius 2 is 1.71 bits per heavy atom. The Labute approximate surface area is 254 Å². The number of amides is 2. The molecule has 0 radical (unpaired) electrons. The summed E-state index contributed by atoms with van der Waals surface area (Å²) in [5, 5.41) is 9.55. The third-order valence-corrected chi connectivity index (χ3v) is 8.78. The summed E-state index contributed by atoms with van der Waals surface area (Å²) in [6.07, 6.45) is 11.8. The molecule has 1 fully saturated rings. The number of unbranched alkanes of at least 4 members (excludes halogenated alkanes) is 6. The molecule has 1 atom stereocenters. The number of hydrogen-bond donors (Lipinski definition) is 0. The van der Waals surface area contributed by atoms with Crippen LogP contribution in [0.5, 0.6) is 5.75 Å². The fourth-order valence-corrected chi connectivity index (χ4v) is 6.32. The monoisotopic (exact) mass is 595 g/mol. The molecule has 9 nitrogen and oxygen atoms in total. The van der Waals surface area contributed by atoms with E-state index in [1.807, 2.05) is 50.8 Å². The third kappa shape index (κ3) is 8.40. The van der Waals surface area contributed by atoms with Gasteiger partial charge in [-0.3, -0.25) is 14.2 Å². The van der Waals surface area contributed by atoms with E-state index in [1.165, 1.54) is 32.1 Å². The van der Waals surface area contributed by atoms with Gasteiger partial charge >= 0.3 is 0 Å². The number of carbonyl (C=O) groups excluding carboxylic acids is 2. The third-order valence-electron chi connectivity index (χ3n) is 7.76. The Morgan fingerprint density at radius 1 is 0.952 bits per heavy atom. The van der Waals surface area contributed by atoms with Gasteiger partial charge in [0.15, 0.2) is 10.9 Å². The molecule has 10 heteroatoms. The Balaban J connectivity index is 1.24. The Hall–Kier alpha value is -3.27. The van der Waals surface area contributed by atoms with E-state index in [0.717, 1.165) is 18.5 Å². The fourth-order valence-electron chi connectivity index (χ4n) is 5.44. The topological polar surface area (TPSA) is 93.7 Å². The van der Waals surface area contributed by atoms with Crippen molar-refractivity contribution in [3.05, 3.63) is 42.7 Å². The van der Waals surface area contributed by atoms with Gasteiger partial charge in [-0.1, -0.05) is 69.3 Å². The molecule has 1 aliphatic rings. The molecular formula is C32H45N5O4S. The number of ether oxygens (including phenoxy) is 1. The van der Waals surface area contributed by atoms with E-state index in [9.17, 15) is 9.59 Å². The molecule has 0 spiro atoms. The average molecular weight is 596 g/mol. The van der Waals surface area contributed by atoms with Crippen LogP contribution >= 0.6 is 11.8 Å². The first-order valence-corrected chi connectivity index (χ1v) is 16.3. The summed E-state index contributed by atoms with van der Waals surface area (Å²) in [7, 11) is 1.64. The van der Waals surface area contributed by atoms with E-state index in [-0.39, 0.29) is 17.9 Å². The largest absolute Gasteiger partial charge is 0.495 e. The number of hydrogen-bond acceptors (Lipinski definition) is 7. The van der Waals surface area contributed by atoms with Crippen LogP contribution in [-0.4, -0.2) is 74.9 Å². The van der Waals surface area contributed by atoms with E-state index in [2.05, 4.69) is 24.0 Å². The van der Waals surface area contributed by atoms with Gasteiger partial charge in [0.1, 0.15) is 5.75 Å². The zero-order chi connectivity index (χ0) is 29.7. The van der Waals surface area contributed by atoms with Gasteiger partial charge < -0.3 is 19.0 Å². The molecule has 0 bridgehead atoms. The Morgan fingerprint density at radius 3 is 2.45 bits per heavy atom. The molecule has 1 saturated heterocycles. The Bertz CT molecular complexity index is 1260. The highest BCUT2D eigenvalue weighted by atomic mass is 32.2. The summed E-state index contributed by atoms with van der Waals surface area (Å²) in [5.41, 5.74) is 0.823. The molecule has 42 heavy (non-hydrogen) atoms. The van der Waals surface area contributed by atoms with E-state index in [1.54, 1.807) is 25.1 Å². The predicted molar refractivity (Wildman–Crippen MR) is 166 cm³/mol. The van der Waals surface area contributed by atoms with Crippen LogP contribution in [0.4, 0.5) is 0 Å². The summed E-state index contributed by atoms with van der Waals surface area (Å²) >= 11 is 1.56. The first-order chi connectivity index (χ1) is 20.5. The van der Waals surface area contributed by atoms with Crippen molar-refractivity contribution in [1.82, 2.24) is 24.6 Å². The van der Waals surface area contributed by atoms with Gasteiger partial charge in [0.25, 0.3) is 0 Å². The lowest BCUT2D eigenvalue weighted by Gasteiger charge is -2.40. The van der Waals surface area contributed by atoms with Gasteiger partial charge in [-0.05, 0) is 44.0 Å². The van der Waals surface area contributed by atoms with Gasteiger partial charge in [-0.15, -0.1) is 10.2 Å². The molecule has 3 heterocycles. The smallest absolute Gasteiger partial charge is 0.222 e. The van der Waals surface area contributed by atoms with Crippen LogP contribution in [0.2, 0.25) is 0 Å². The lowest BCUT2D eigenvalue weighted by atomic mass is 10.1. The quantitative estimate of drug-likeness (QED) is 0.136. The van der Waals surface area contributed by atoms with Crippen molar-refractivity contribution in [3.63, 3.8) is 0 Å². The van der Waals surface area contributed by atoms with Crippen LogP contribution in [0.15, 0.2) is 52.2 Å². The maximum Gasteiger partial charge on any atom is 0.222 e. The highest BCUT2D eigenvalue weighted by Gasteiger charge is 2.29. The second kappa shape index (κ2) is 16.4. The average Bonchev–Trinajstić information content (AvgIpc) is 3.69. The Kier molecular flexibility index (Phi) is 12.4. The van der Waals surface area contributed by atoms with Gasteiger partial charge in [0.2, 0.25) is 17.6 Å². The number of rotatable bonds is 16. The molecule has 0 saturated carbocycles. The molecule has 1 aliphatic heterocycles. The number of methoxy groups -OCH3 is 1. The number of thioether (sulfide) groups is 1. The van der Waals surface area contributed by atoms with Gasteiger partial charge in [0.05, 0.1) is 19.1 Å². The van der Waals surface area contributed by atoms with Crippen molar-refractivity contribution in [3.8, 4) is 23.0 Å². The highest BCUT2D eigenvalue weighted by Crippen LogP contribution is 2.33. The molecule has 0 N–H and O–H groups in total. The molecule has 3 aromatic rings.